The molecule has 120 valence electrons. The van der Waals surface area contributed by atoms with E-state index in [-0.39, 0.29) is 12.2 Å². The molecule has 8 heteroatoms. The Hall–Kier alpha value is -1.16. The van der Waals surface area contributed by atoms with Gasteiger partial charge in [0.2, 0.25) is 0 Å². The summed E-state index contributed by atoms with van der Waals surface area (Å²) in [7, 11) is 0. The summed E-state index contributed by atoms with van der Waals surface area (Å²) in [6.45, 7) is 1.95. The highest BCUT2D eigenvalue weighted by atomic mass is 127. The number of esters is 1. The third kappa shape index (κ3) is 4.94. The van der Waals surface area contributed by atoms with Gasteiger partial charge in [0.25, 0.3) is 0 Å². The molecule has 0 aliphatic carbocycles. The van der Waals surface area contributed by atoms with Gasteiger partial charge in [0.1, 0.15) is 11.3 Å². The summed E-state index contributed by atoms with van der Waals surface area (Å²) >= 11 is 5.73. The Bertz CT molecular complexity index is 620. The molecule has 0 atom stereocenters. The van der Waals surface area contributed by atoms with Crippen LogP contribution in [0.3, 0.4) is 0 Å². The number of aliphatic imine (C=N–C) groups is 1. The van der Waals surface area contributed by atoms with Crippen LogP contribution in [0.5, 0.6) is 0 Å². The second-order valence-corrected chi connectivity index (χ2v) is 5.68. The predicted octanol–water partition coefficient (Wildman–Crippen LogP) is 3.40. The number of benzene rings is 1. The normalized spacial score (nSPS) is 12.4. The molecule has 0 saturated carbocycles. The number of carbonyl (C=O) groups is 1. The minimum Gasteiger partial charge on any atom is -0.506 e. The molecule has 0 aliphatic heterocycles. The highest BCUT2D eigenvalue weighted by Gasteiger charge is 2.21. The van der Waals surface area contributed by atoms with Crippen molar-refractivity contribution in [2.24, 2.45) is 4.99 Å². The van der Waals surface area contributed by atoms with E-state index in [0.29, 0.717) is 15.9 Å². The second kappa shape index (κ2) is 9.09. The molecular formula is C14H14F2INO3S. The number of hydrogen-bond acceptors (Lipinski definition) is 5. The average molecular weight is 441 g/mol. The van der Waals surface area contributed by atoms with E-state index >= 15 is 0 Å². The summed E-state index contributed by atoms with van der Waals surface area (Å²) in [5.74, 6) is -3.54. The Morgan fingerprint density at radius 3 is 2.77 bits per heavy atom. The van der Waals surface area contributed by atoms with Crippen LogP contribution in [-0.4, -0.2) is 36.2 Å². The van der Waals surface area contributed by atoms with Gasteiger partial charge in [0.05, 0.1) is 12.2 Å². The van der Waals surface area contributed by atoms with Gasteiger partial charge in [-0.3, -0.25) is 4.99 Å². The van der Waals surface area contributed by atoms with Crippen LogP contribution >= 0.6 is 35.2 Å². The largest absolute Gasteiger partial charge is 0.506 e. The van der Waals surface area contributed by atoms with E-state index in [1.807, 2.05) is 0 Å². The smallest absolute Gasteiger partial charge is 0.343 e. The average Bonchev–Trinajstić information content (AvgIpc) is 2.47. The zero-order valence-corrected chi connectivity index (χ0v) is 14.7. The second-order valence-electron chi connectivity index (χ2n) is 3.99. The number of halogens is 3. The molecule has 0 heterocycles. The van der Waals surface area contributed by atoms with Crippen LogP contribution in [0.2, 0.25) is 0 Å². The molecule has 0 radical (unpaired) electrons. The summed E-state index contributed by atoms with van der Waals surface area (Å²) < 4.78 is 32.5. The van der Waals surface area contributed by atoms with Crippen LogP contribution in [0, 0.1) is 15.2 Å². The van der Waals surface area contributed by atoms with Crippen molar-refractivity contribution in [3.8, 4) is 0 Å². The van der Waals surface area contributed by atoms with E-state index in [2.05, 4.69) is 17.6 Å². The maximum Gasteiger partial charge on any atom is 0.343 e. The monoisotopic (exact) mass is 441 g/mol. The molecule has 4 nitrogen and oxygen atoms in total. The standard InChI is InChI=1S/C14H14F2INO3S/c1-2-21-14(20)10(7-18-3-4-22)13(19)9-5-8(17)6-11(15)12(9)16/h5-7,19,22H,2-4H2,1H3/b13-10+,18-7?. The topological polar surface area (TPSA) is 58.9 Å². The van der Waals surface area contributed by atoms with Crippen molar-refractivity contribution in [3.63, 3.8) is 0 Å². The Kier molecular flexibility index (Phi) is 7.80. The van der Waals surface area contributed by atoms with Crippen LogP contribution in [-0.2, 0) is 9.53 Å². The molecule has 0 aliphatic rings. The van der Waals surface area contributed by atoms with Gasteiger partial charge in [-0.2, -0.15) is 12.6 Å². The van der Waals surface area contributed by atoms with Gasteiger partial charge in [-0.15, -0.1) is 0 Å². The van der Waals surface area contributed by atoms with E-state index in [1.165, 1.54) is 6.07 Å². The maximum absolute atomic E-state index is 13.8. The number of thiol groups is 1. The lowest BCUT2D eigenvalue weighted by Gasteiger charge is -2.09. The van der Waals surface area contributed by atoms with Gasteiger partial charge in [-0.1, -0.05) is 0 Å². The van der Waals surface area contributed by atoms with Crippen molar-refractivity contribution in [1.29, 1.82) is 0 Å². The lowest BCUT2D eigenvalue weighted by molar-refractivity contribution is -0.137. The zero-order valence-electron chi connectivity index (χ0n) is 11.6. The van der Waals surface area contributed by atoms with E-state index in [4.69, 9.17) is 4.74 Å². The van der Waals surface area contributed by atoms with Crippen molar-refractivity contribution in [2.75, 3.05) is 18.9 Å². The van der Waals surface area contributed by atoms with Crippen molar-refractivity contribution in [2.45, 2.75) is 6.92 Å². The van der Waals surface area contributed by atoms with Gasteiger partial charge in [-0.05, 0) is 41.6 Å². The summed E-state index contributed by atoms with van der Waals surface area (Å²) in [5, 5.41) is 10.2. The summed E-state index contributed by atoms with van der Waals surface area (Å²) in [4.78, 5) is 15.7. The lowest BCUT2D eigenvalue weighted by Crippen LogP contribution is -2.12. The number of nitrogens with zero attached hydrogens (tertiary/aromatic N) is 1. The maximum atomic E-state index is 13.8. The third-order valence-electron chi connectivity index (χ3n) is 2.45. The molecule has 1 N–H and O–H groups in total. The minimum atomic E-state index is -1.25. The van der Waals surface area contributed by atoms with Crippen molar-refractivity contribution in [1.82, 2.24) is 0 Å². The van der Waals surface area contributed by atoms with Crippen LogP contribution in [0.1, 0.15) is 12.5 Å². The number of rotatable bonds is 6. The Morgan fingerprint density at radius 2 is 2.18 bits per heavy atom. The molecule has 0 saturated heterocycles. The molecular weight excluding hydrogens is 427 g/mol. The fraction of sp³-hybridized carbons (Fsp3) is 0.286. The molecule has 0 bridgehead atoms. The first kappa shape index (κ1) is 18.9. The SMILES string of the molecule is CCOC(=O)/C(C=NCCS)=C(/O)c1cc(I)cc(F)c1F. The van der Waals surface area contributed by atoms with E-state index in [1.54, 1.807) is 29.5 Å². The first-order chi connectivity index (χ1) is 10.4. The van der Waals surface area contributed by atoms with Crippen LogP contribution in [0.25, 0.3) is 5.76 Å². The Morgan fingerprint density at radius 1 is 1.50 bits per heavy atom. The first-order valence-corrected chi connectivity index (χ1v) is 7.99. The molecule has 0 aromatic heterocycles. The molecule has 0 spiro atoms. The van der Waals surface area contributed by atoms with Crippen molar-refractivity contribution in [3.05, 3.63) is 38.5 Å². The predicted molar refractivity (Wildman–Crippen MR) is 92.5 cm³/mol. The Balaban J connectivity index is 3.41. The zero-order chi connectivity index (χ0) is 16.7. The summed E-state index contributed by atoms with van der Waals surface area (Å²) in [5.41, 5.74) is -0.770. The third-order valence-corrected chi connectivity index (χ3v) is 3.27. The van der Waals surface area contributed by atoms with Crippen LogP contribution < -0.4 is 0 Å². The highest BCUT2D eigenvalue weighted by Crippen LogP contribution is 2.24. The number of aliphatic hydroxyl groups excluding tert-OH is 1. The molecule has 1 aromatic carbocycles. The van der Waals surface area contributed by atoms with Crippen LogP contribution in [0.4, 0.5) is 8.78 Å². The first-order valence-electron chi connectivity index (χ1n) is 6.28. The summed E-state index contributed by atoms with van der Waals surface area (Å²) in [6, 6.07) is 2.20. The Labute approximate surface area is 145 Å². The number of ether oxygens (including phenoxy) is 1. The van der Waals surface area contributed by atoms with Crippen LogP contribution in [0.15, 0.2) is 22.7 Å². The van der Waals surface area contributed by atoms with Gasteiger partial charge < -0.3 is 9.84 Å². The molecule has 0 amide bonds. The molecule has 0 unspecified atom stereocenters. The fourth-order valence-electron chi connectivity index (χ4n) is 1.51. The molecule has 1 aromatic rings. The van der Waals surface area contributed by atoms with Crippen molar-refractivity contribution >= 4 is 53.2 Å². The number of hydrogen-bond donors (Lipinski definition) is 2. The van der Waals surface area contributed by atoms with E-state index < -0.39 is 28.9 Å². The van der Waals surface area contributed by atoms with Crippen molar-refractivity contribution < 1.29 is 23.4 Å². The van der Waals surface area contributed by atoms with Gasteiger partial charge in [0, 0.05) is 22.1 Å². The van der Waals surface area contributed by atoms with Gasteiger partial charge in [-0.25, -0.2) is 13.6 Å². The van der Waals surface area contributed by atoms with Gasteiger partial charge in [0.15, 0.2) is 11.6 Å². The quantitative estimate of drug-likeness (QED) is 0.135. The van der Waals surface area contributed by atoms with E-state index in [9.17, 15) is 18.7 Å². The molecule has 0 fully saturated rings. The van der Waals surface area contributed by atoms with E-state index in [0.717, 1.165) is 12.3 Å². The number of carbonyl (C=O) groups excluding carboxylic acids is 1. The fourth-order valence-corrected chi connectivity index (χ4v) is 2.21. The van der Waals surface area contributed by atoms with Gasteiger partial charge >= 0.3 is 5.97 Å². The number of aliphatic hydroxyl groups is 1. The minimum absolute atomic E-state index is 0.0686. The molecule has 1 rings (SSSR count). The molecule has 22 heavy (non-hydrogen) atoms. The lowest BCUT2D eigenvalue weighted by atomic mass is 10.1. The summed E-state index contributed by atoms with van der Waals surface area (Å²) in [6.07, 6.45) is 1.07. The highest BCUT2D eigenvalue weighted by molar-refractivity contribution is 14.1.